The van der Waals surface area contributed by atoms with Gasteiger partial charge in [0.25, 0.3) is 0 Å². The van der Waals surface area contributed by atoms with Crippen LogP contribution in [-0.4, -0.2) is 14.9 Å². The lowest BCUT2D eigenvalue weighted by molar-refractivity contribution is 0.690. The van der Waals surface area contributed by atoms with E-state index in [4.69, 9.17) is 35.4 Å². The summed E-state index contributed by atoms with van der Waals surface area (Å²) in [5.41, 5.74) is 1.91. The number of thiocarbonyl (C=S) groups is 1. The molecule has 2 N–H and O–H groups in total. The molecule has 128 valence electrons. The Morgan fingerprint density at radius 2 is 1.80 bits per heavy atom. The average Bonchev–Trinajstić information content (AvgIpc) is 3.00. The zero-order chi connectivity index (χ0) is 17.8. The summed E-state index contributed by atoms with van der Waals surface area (Å²) in [5.74, 6) is 0.662. The second kappa shape index (κ2) is 8.19. The van der Waals surface area contributed by atoms with Gasteiger partial charge in [-0.1, -0.05) is 45.2 Å². The number of aromatic nitrogens is 2. The Morgan fingerprint density at radius 1 is 1.04 bits per heavy atom. The molecule has 1 heterocycles. The molecule has 0 unspecified atom stereocenters. The van der Waals surface area contributed by atoms with Crippen LogP contribution in [0, 0.1) is 0 Å². The Labute approximate surface area is 169 Å². The molecule has 0 amide bonds. The average molecular weight is 456 g/mol. The van der Waals surface area contributed by atoms with Crippen LogP contribution in [0.1, 0.15) is 5.56 Å². The number of nitrogens with one attached hydrogen (secondary N) is 2. The fourth-order valence-electron chi connectivity index (χ4n) is 2.15. The highest BCUT2D eigenvalue weighted by Gasteiger charge is 2.05. The van der Waals surface area contributed by atoms with Crippen molar-refractivity contribution < 1.29 is 0 Å². The lowest BCUT2D eigenvalue weighted by atomic mass is 10.2. The SMILES string of the molecule is S=C(Nc1ccc(Br)cc1)Nc1ccn(Cc2ccc(Cl)c(Cl)c2)n1. The molecule has 8 heteroatoms. The van der Waals surface area contributed by atoms with Crippen molar-refractivity contribution in [1.82, 2.24) is 9.78 Å². The minimum absolute atomic E-state index is 0.474. The van der Waals surface area contributed by atoms with E-state index >= 15 is 0 Å². The number of hydrogen-bond acceptors (Lipinski definition) is 2. The van der Waals surface area contributed by atoms with Gasteiger partial charge in [-0.05, 0) is 54.2 Å². The van der Waals surface area contributed by atoms with E-state index in [0.717, 1.165) is 15.7 Å². The molecular weight excluding hydrogens is 443 g/mol. The topological polar surface area (TPSA) is 41.9 Å². The van der Waals surface area contributed by atoms with E-state index in [1.54, 1.807) is 10.7 Å². The first-order valence-corrected chi connectivity index (χ1v) is 9.26. The molecule has 1 aromatic heterocycles. The molecule has 0 bridgehead atoms. The predicted molar refractivity (Wildman–Crippen MR) is 112 cm³/mol. The summed E-state index contributed by atoms with van der Waals surface area (Å²) >= 11 is 20.7. The van der Waals surface area contributed by atoms with Gasteiger partial charge >= 0.3 is 0 Å². The first-order valence-electron chi connectivity index (χ1n) is 7.30. The molecule has 0 fully saturated rings. The summed E-state index contributed by atoms with van der Waals surface area (Å²) in [7, 11) is 0. The van der Waals surface area contributed by atoms with Gasteiger partial charge in [-0.2, -0.15) is 5.10 Å². The van der Waals surface area contributed by atoms with E-state index in [1.807, 2.05) is 48.7 Å². The normalized spacial score (nSPS) is 10.5. The molecular formula is C17H13BrCl2N4S. The molecule has 0 saturated heterocycles. The van der Waals surface area contributed by atoms with Gasteiger partial charge in [-0.25, -0.2) is 0 Å². The maximum absolute atomic E-state index is 6.04. The van der Waals surface area contributed by atoms with Gasteiger partial charge in [0.05, 0.1) is 16.6 Å². The number of nitrogens with zero attached hydrogens (tertiary/aromatic N) is 2. The van der Waals surface area contributed by atoms with E-state index in [0.29, 0.717) is 27.5 Å². The van der Waals surface area contributed by atoms with Gasteiger partial charge in [-0.3, -0.25) is 4.68 Å². The first-order chi connectivity index (χ1) is 12.0. The van der Waals surface area contributed by atoms with Crippen LogP contribution in [0.4, 0.5) is 11.5 Å². The fourth-order valence-corrected chi connectivity index (χ4v) is 2.96. The van der Waals surface area contributed by atoms with Gasteiger partial charge in [0.1, 0.15) is 0 Å². The lowest BCUT2D eigenvalue weighted by Gasteiger charge is -2.08. The van der Waals surface area contributed by atoms with E-state index in [9.17, 15) is 0 Å². The Hall–Kier alpha value is -1.60. The number of anilines is 2. The largest absolute Gasteiger partial charge is 0.332 e. The maximum Gasteiger partial charge on any atom is 0.176 e. The highest BCUT2D eigenvalue weighted by molar-refractivity contribution is 9.10. The number of rotatable bonds is 4. The fraction of sp³-hybridized carbons (Fsp3) is 0.0588. The molecule has 4 nitrogen and oxygen atoms in total. The summed E-state index contributed by atoms with van der Waals surface area (Å²) in [6.45, 7) is 0.589. The summed E-state index contributed by atoms with van der Waals surface area (Å²) in [6, 6.07) is 15.1. The first kappa shape index (κ1) is 18.2. The Balaban J connectivity index is 1.60. The molecule has 0 radical (unpaired) electrons. The molecule has 0 saturated carbocycles. The summed E-state index contributed by atoms with van der Waals surface area (Å²) in [4.78, 5) is 0. The predicted octanol–water partition coefficient (Wildman–Crippen LogP) is 5.81. The Bertz CT molecular complexity index is 896. The van der Waals surface area contributed by atoms with Crippen LogP contribution in [0.15, 0.2) is 59.2 Å². The van der Waals surface area contributed by atoms with Crippen LogP contribution in [0.2, 0.25) is 10.0 Å². The molecule has 0 aliphatic heterocycles. The zero-order valence-electron chi connectivity index (χ0n) is 12.8. The molecule has 25 heavy (non-hydrogen) atoms. The van der Waals surface area contributed by atoms with E-state index in [1.165, 1.54) is 0 Å². The second-order valence-electron chi connectivity index (χ2n) is 5.23. The third-order valence-electron chi connectivity index (χ3n) is 3.31. The van der Waals surface area contributed by atoms with Crippen LogP contribution < -0.4 is 10.6 Å². The van der Waals surface area contributed by atoms with Crippen molar-refractivity contribution in [1.29, 1.82) is 0 Å². The molecule has 2 aromatic carbocycles. The van der Waals surface area contributed by atoms with Crippen molar-refractivity contribution in [2.24, 2.45) is 0 Å². The Morgan fingerprint density at radius 3 is 2.52 bits per heavy atom. The molecule has 3 aromatic rings. The highest BCUT2D eigenvalue weighted by Crippen LogP contribution is 2.23. The number of halogens is 3. The van der Waals surface area contributed by atoms with Crippen molar-refractivity contribution in [2.75, 3.05) is 10.6 Å². The van der Waals surface area contributed by atoms with Crippen LogP contribution in [-0.2, 0) is 6.54 Å². The summed E-state index contributed by atoms with van der Waals surface area (Å²) in [6.07, 6.45) is 1.87. The van der Waals surface area contributed by atoms with Crippen LogP contribution in [0.5, 0.6) is 0 Å². The monoisotopic (exact) mass is 454 g/mol. The van der Waals surface area contributed by atoms with Crippen LogP contribution in [0.3, 0.4) is 0 Å². The van der Waals surface area contributed by atoms with Crippen molar-refractivity contribution in [2.45, 2.75) is 6.54 Å². The standard InChI is InChI=1S/C17H13BrCl2N4S/c18-12-2-4-13(5-3-12)21-17(25)22-16-7-8-24(23-16)10-11-1-6-14(19)15(20)9-11/h1-9H,10H2,(H2,21,22,23,25). The van der Waals surface area contributed by atoms with E-state index in [-0.39, 0.29) is 0 Å². The van der Waals surface area contributed by atoms with Crippen LogP contribution in [0.25, 0.3) is 0 Å². The molecule has 0 atom stereocenters. The van der Waals surface area contributed by atoms with Gasteiger partial charge in [0.2, 0.25) is 0 Å². The smallest absolute Gasteiger partial charge is 0.176 e. The van der Waals surface area contributed by atoms with Crippen molar-refractivity contribution >= 4 is 68.0 Å². The summed E-state index contributed by atoms with van der Waals surface area (Å²) in [5, 5.41) is 12.2. The molecule has 0 aliphatic rings. The lowest BCUT2D eigenvalue weighted by Crippen LogP contribution is -2.19. The number of hydrogen-bond donors (Lipinski definition) is 2. The highest BCUT2D eigenvalue weighted by atomic mass is 79.9. The zero-order valence-corrected chi connectivity index (χ0v) is 16.8. The van der Waals surface area contributed by atoms with Gasteiger partial charge in [-0.15, -0.1) is 0 Å². The van der Waals surface area contributed by atoms with Gasteiger partial charge in [0.15, 0.2) is 10.9 Å². The third-order valence-corrected chi connectivity index (χ3v) is 4.78. The quantitative estimate of drug-likeness (QED) is 0.487. The van der Waals surface area contributed by atoms with E-state index in [2.05, 4.69) is 31.7 Å². The minimum atomic E-state index is 0.474. The minimum Gasteiger partial charge on any atom is -0.332 e. The molecule has 0 aliphatic carbocycles. The third kappa shape index (κ3) is 5.19. The van der Waals surface area contributed by atoms with Gasteiger partial charge in [0, 0.05) is 22.4 Å². The molecule has 0 spiro atoms. The Kier molecular flexibility index (Phi) is 5.96. The second-order valence-corrected chi connectivity index (χ2v) is 7.37. The molecule has 3 rings (SSSR count). The number of benzene rings is 2. The van der Waals surface area contributed by atoms with E-state index < -0.39 is 0 Å². The van der Waals surface area contributed by atoms with Crippen molar-refractivity contribution in [3.8, 4) is 0 Å². The maximum atomic E-state index is 6.04. The van der Waals surface area contributed by atoms with Gasteiger partial charge < -0.3 is 10.6 Å². The van der Waals surface area contributed by atoms with Crippen molar-refractivity contribution in [3.05, 3.63) is 74.8 Å². The van der Waals surface area contributed by atoms with Crippen LogP contribution >= 0.6 is 51.3 Å². The summed E-state index contributed by atoms with van der Waals surface area (Å²) < 4.78 is 2.81. The van der Waals surface area contributed by atoms with Crippen molar-refractivity contribution in [3.63, 3.8) is 0 Å².